The second kappa shape index (κ2) is 10.8. The standard InChI is InChI=1S/C27H30FN5OS/c1-32-11-13-33(14-12-32)16-19-3-5-21(6-4-19)25-15-23-26(35-25)27(30-18-29-23)31-24(17-34-2)20-7-9-22(28)10-8-20/h3-10,15,18,24H,11-14,16-17H2,1-2H3,(H,29,30,31). The summed E-state index contributed by atoms with van der Waals surface area (Å²) in [5.74, 6) is 0.496. The Morgan fingerprint density at radius 2 is 1.77 bits per heavy atom. The quantitative estimate of drug-likeness (QED) is 0.373. The molecule has 1 fully saturated rings. The third-order valence-electron chi connectivity index (χ3n) is 6.47. The molecule has 2 aromatic carbocycles. The number of methoxy groups -OCH3 is 1. The summed E-state index contributed by atoms with van der Waals surface area (Å²) >= 11 is 1.67. The first kappa shape index (κ1) is 23.8. The molecule has 0 bridgehead atoms. The molecule has 1 saturated heterocycles. The van der Waals surface area contributed by atoms with E-state index in [1.54, 1.807) is 36.9 Å². The first-order valence-corrected chi connectivity index (χ1v) is 12.7. The minimum atomic E-state index is -0.258. The predicted octanol–water partition coefficient (Wildman–Crippen LogP) is 5.04. The van der Waals surface area contributed by atoms with Crippen LogP contribution in [0, 0.1) is 5.82 Å². The molecule has 5 rings (SSSR count). The van der Waals surface area contributed by atoms with Gasteiger partial charge in [0.2, 0.25) is 0 Å². The van der Waals surface area contributed by atoms with Crippen molar-refractivity contribution in [2.24, 2.45) is 0 Å². The summed E-state index contributed by atoms with van der Waals surface area (Å²) < 4.78 is 19.8. The van der Waals surface area contributed by atoms with E-state index in [1.807, 2.05) is 0 Å². The molecule has 1 N–H and O–H groups in total. The number of benzene rings is 2. The molecule has 0 aliphatic carbocycles. The number of likely N-dealkylation sites (N-methyl/N-ethyl adjacent to an activating group) is 1. The number of hydrogen-bond acceptors (Lipinski definition) is 7. The molecule has 182 valence electrons. The van der Waals surface area contributed by atoms with Crippen LogP contribution in [0.5, 0.6) is 0 Å². The number of anilines is 1. The number of rotatable bonds is 8. The highest BCUT2D eigenvalue weighted by molar-refractivity contribution is 7.22. The van der Waals surface area contributed by atoms with Gasteiger partial charge in [-0.2, -0.15) is 0 Å². The van der Waals surface area contributed by atoms with Crippen LogP contribution < -0.4 is 5.32 Å². The maximum Gasteiger partial charge on any atom is 0.148 e. The van der Waals surface area contributed by atoms with Gasteiger partial charge in [-0.15, -0.1) is 11.3 Å². The van der Waals surface area contributed by atoms with E-state index in [0.717, 1.165) is 59.2 Å². The Morgan fingerprint density at radius 1 is 1.03 bits per heavy atom. The van der Waals surface area contributed by atoms with Crippen molar-refractivity contribution >= 4 is 27.4 Å². The average Bonchev–Trinajstić information content (AvgIpc) is 3.32. The van der Waals surface area contributed by atoms with Crippen molar-refractivity contribution in [3.05, 3.63) is 77.9 Å². The number of piperazine rings is 1. The highest BCUT2D eigenvalue weighted by atomic mass is 32.1. The Hall–Kier alpha value is -2.91. The van der Waals surface area contributed by atoms with Gasteiger partial charge in [0.25, 0.3) is 0 Å². The van der Waals surface area contributed by atoms with Crippen LogP contribution in [0.3, 0.4) is 0 Å². The molecule has 8 heteroatoms. The molecule has 1 aliphatic rings. The lowest BCUT2D eigenvalue weighted by molar-refractivity contribution is 0.148. The summed E-state index contributed by atoms with van der Waals surface area (Å²) in [7, 11) is 3.84. The second-order valence-corrected chi connectivity index (χ2v) is 10.1. The number of nitrogens with one attached hydrogen (secondary N) is 1. The fourth-order valence-corrected chi connectivity index (χ4v) is 5.45. The van der Waals surface area contributed by atoms with Gasteiger partial charge in [0, 0.05) is 44.7 Å². The number of aromatic nitrogens is 2. The van der Waals surface area contributed by atoms with E-state index in [-0.39, 0.29) is 11.9 Å². The summed E-state index contributed by atoms with van der Waals surface area (Å²) in [6, 6.07) is 17.3. The van der Waals surface area contributed by atoms with Gasteiger partial charge in [-0.3, -0.25) is 4.90 Å². The van der Waals surface area contributed by atoms with Crippen molar-refractivity contribution in [3.8, 4) is 10.4 Å². The van der Waals surface area contributed by atoms with E-state index in [0.29, 0.717) is 6.61 Å². The lowest BCUT2D eigenvalue weighted by Gasteiger charge is -2.32. The van der Waals surface area contributed by atoms with Crippen LogP contribution in [0.25, 0.3) is 20.7 Å². The second-order valence-electron chi connectivity index (χ2n) is 9.03. The fraction of sp³-hybridized carbons (Fsp3) is 0.333. The lowest BCUT2D eigenvalue weighted by Crippen LogP contribution is -2.43. The van der Waals surface area contributed by atoms with Crippen LogP contribution in [-0.4, -0.2) is 66.7 Å². The molecule has 4 aromatic rings. The van der Waals surface area contributed by atoms with E-state index < -0.39 is 0 Å². The lowest BCUT2D eigenvalue weighted by atomic mass is 10.1. The molecular formula is C27H30FN5OS. The number of nitrogens with zero attached hydrogens (tertiary/aromatic N) is 4. The van der Waals surface area contributed by atoms with Gasteiger partial charge < -0.3 is 15.0 Å². The Balaban J connectivity index is 1.35. The van der Waals surface area contributed by atoms with Gasteiger partial charge in [-0.05, 0) is 41.9 Å². The average molecular weight is 492 g/mol. The smallest absolute Gasteiger partial charge is 0.148 e. The third-order valence-corrected chi connectivity index (χ3v) is 7.65. The molecule has 3 heterocycles. The van der Waals surface area contributed by atoms with Crippen molar-refractivity contribution in [1.82, 2.24) is 19.8 Å². The van der Waals surface area contributed by atoms with Crippen molar-refractivity contribution in [1.29, 1.82) is 0 Å². The Kier molecular flexibility index (Phi) is 7.34. The van der Waals surface area contributed by atoms with E-state index in [4.69, 9.17) is 4.74 Å². The van der Waals surface area contributed by atoms with Gasteiger partial charge in [-0.1, -0.05) is 36.4 Å². The van der Waals surface area contributed by atoms with Gasteiger partial charge in [0.05, 0.1) is 22.9 Å². The fourth-order valence-electron chi connectivity index (χ4n) is 4.39. The van der Waals surface area contributed by atoms with Crippen molar-refractivity contribution < 1.29 is 9.13 Å². The van der Waals surface area contributed by atoms with E-state index in [1.165, 1.54) is 23.3 Å². The normalized spacial score (nSPS) is 16.0. The number of fused-ring (bicyclic) bond motifs is 1. The molecule has 2 aromatic heterocycles. The first-order chi connectivity index (χ1) is 17.1. The van der Waals surface area contributed by atoms with E-state index >= 15 is 0 Å². The van der Waals surface area contributed by atoms with Crippen LogP contribution >= 0.6 is 11.3 Å². The summed E-state index contributed by atoms with van der Waals surface area (Å²) in [5.41, 5.74) is 4.35. The minimum absolute atomic E-state index is 0.155. The molecule has 0 amide bonds. The first-order valence-electron chi connectivity index (χ1n) is 11.8. The summed E-state index contributed by atoms with van der Waals surface area (Å²) in [5, 5.41) is 3.48. The van der Waals surface area contributed by atoms with Crippen LogP contribution in [0.2, 0.25) is 0 Å². The Labute approximate surface area is 209 Å². The zero-order valence-corrected chi connectivity index (χ0v) is 20.9. The predicted molar refractivity (Wildman–Crippen MR) is 140 cm³/mol. The SMILES string of the molecule is COCC(Nc1ncnc2cc(-c3ccc(CN4CCN(C)CC4)cc3)sc12)c1ccc(F)cc1. The van der Waals surface area contributed by atoms with Crippen LogP contribution in [0.15, 0.2) is 60.9 Å². The van der Waals surface area contributed by atoms with Gasteiger partial charge in [0.15, 0.2) is 0 Å². The molecule has 0 spiro atoms. The van der Waals surface area contributed by atoms with E-state index in [2.05, 4.69) is 62.5 Å². The summed E-state index contributed by atoms with van der Waals surface area (Å²) in [6.45, 7) is 5.91. The number of ether oxygens (including phenoxy) is 1. The molecule has 0 saturated carbocycles. The molecule has 1 aliphatic heterocycles. The third kappa shape index (κ3) is 5.67. The molecule has 6 nitrogen and oxygen atoms in total. The Morgan fingerprint density at radius 3 is 2.49 bits per heavy atom. The summed E-state index contributed by atoms with van der Waals surface area (Å²) in [4.78, 5) is 15.1. The molecule has 1 atom stereocenters. The van der Waals surface area contributed by atoms with E-state index in [9.17, 15) is 4.39 Å². The van der Waals surface area contributed by atoms with Crippen LogP contribution in [0.1, 0.15) is 17.2 Å². The number of hydrogen-bond donors (Lipinski definition) is 1. The van der Waals surface area contributed by atoms with Gasteiger partial charge >= 0.3 is 0 Å². The number of thiophene rings is 1. The van der Waals surface area contributed by atoms with Gasteiger partial charge in [-0.25, -0.2) is 14.4 Å². The zero-order valence-electron chi connectivity index (χ0n) is 20.1. The van der Waals surface area contributed by atoms with Gasteiger partial charge in [0.1, 0.15) is 18.0 Å². The molecule has 35 heavy (non-hydrogen) atoms. The van der Waals surface area contributed by atoms with Crippen molar-refractivity contribution in [2.75, 3.05) is 52.3 Å². The maximum atomic E-state index is 13.4. The maximum absolute atomic E-state index is 13.4. The monoisotopic (exact) mass is 491 g/mol. The van der Waals surface area contributed by atoms with Crippen LogP contribution in [0.4, 0.5) is 10.2 Å². The van der Waals surface area contributed by atoms with Crippen molar-refractivity contribution in [2.45, 2.75) is 12.6 Å². The van der Waals surface area contributed by atoms with Crippen LogP contribution in [-0.2, 0) is 11.3 Å². The topological polar surface area (TPSA) is 53.5 Å². The highest BCUT2D eigenvalue weighted by Crippen LogP contribution is 2.36. The number of halogens is 1. The Bertz CT molecular complexity index is 1250. The van der Waals surface area contributed by atoms with Crippen molar-refractivity contribution in [3.63, 3.8) is 0 Å². The molecule has 1 unspecified atom stereocenters. The largest absolute Gasteiger partial charge is 0.382 e. The summed E-state index contributed by atoms with van der Waals surface area (Å²) in [6.07, 6.45) is 1.58. The molecular weight excluding hydrogens is 461 g/mol. The molecule has 0 radical (unpaired) electrons. The zero-order chi connectivity index (χ0) is 24.2. The minimum Gasteiger partial charge on any atom is -0.382 e. The highest BCUT2D eigenvalue weighted by Gasteiger charge is 2.17.